The highest BCUT2D eigenvalue weighted by Gasteiger charge is 2.29. The fourth-order valence-electron chi connectivity index (χ4n) is 2.21. The van der Waals surface area contributed by atoms with Gasteiger partial charge in [0.05, 0.1) is 16.4 Å². The van der Waals surface area contributed by atoms with Crippen LogP contribution in [0.1, 0.15) is 0 Å². The molecule has 0 saturated carbocycles. The minimum atomic E-state index is -3.72. The summed E-state index contributed by atoms with van der Waals surface area (Å²) in [7, 11) is -3.72. The first-order chi connectivity index (χ1) is 10.3. The molecule has 23 heavy (non-hydrogen) atoms. The van der Waals surface area contributed by atoms with Crippen molar-refractivity contribution in [2.24, 2.45) is 0 Å². The van der Waals surface area contributed by atoms with E-state index in [4.69, 9.17) is 5.11 Å². The van der Waals surface area contributed by atoms with Crippen molar-refractivity contribution in [3.63, 3.8) is 0 Å². The second-order valence-corrected chi connectivity index (χ2v) is 6.76. The van der Waals surface area contributed by atoms with Crippen LogP contribution in [0.25, 0.3) is 0 Å². The lowest BCUT2D eigenvalue weighted by Gasteiger charge is -2.32. The van der Waals surface area contributed by atoms with Gasteiger partial charge in [0.1, 0.15) is 0 Å². The number of sulfonamides is 1. The van der Waals surface area contributed by atoms with Gasteiger partial charge < -0.3 is 5.11 Å². The van der Waals surface area contributed by atoms with Gasteiger partial charge in [0, 0.05) is 38.3 Å². The third-order valence-corrected chi connectivity index (χ3v) is 5.29. The van der Waals surface area contributed by atoms with Crippen molar-refractivity contribution in [3.8, 4) is 0 Å². The molecule has 1 aliphatic rings. The Bertz CT molecular complexity index is 671. The van der Waals surface area contributed by atoms with E-state index in [1.165, 1.54) is 16.4 Å². The van der Waals surface area contributed by atoms with Crippen molar-refractivity contribution in [1.82, 2.24) is 9.21 Å². The molecule has 1 N–H and O–H groups in total. The lowest BCUT2D eigenvalue weighted by atomic mass is 10.3. The molecular formula is C12H16ClN3O6S. The molecule has 0 spiro atoms. The maximum Gasteiger partial charge on any atom is 0.317 e. The smallest absolute Gasteiger partial charge is 0.317 e. The summed E-state index contributed by atoms with van der Waals surface area (Å²) < 4.78 is 26.1. The van der Waals surface area contributed by atoms with E-state index in [0.29, 0.717) is 13.1 Å². The zero-order valence-corrected chi connectivity index (χ0v) is 13.6. The number of nitro groups is 1. The molecule has 9 nitrogen and oxygen atoms in total. The van der Waals surface area contributed by atoms with E-state index < -0.39 is 20.9 Å². The Morgan fingerprint density at radius 2 is 1.70 bits per heavy atom. The molecule has 1 aromatic carbocycles. The van der Waals surface area contributed by atoms with Gasteiger partial charge >= 0.3 is 5.97 Å². The number of piperazine rings is 1. The molecule has 0 unspecified atom stereocenters. The number of halogens is 1. The summed E-state index contributed by atoms with van der Waals surface area (Å²) in [5, 5.41) is 19.3. The van der Waals surface area contributed by atoms with E-state index in [0.717, 1.165) is 12.1 Å². The van der Waals surface area contributed by atoms with E-state index in [1.54, 1.807) is 4.90 Å². The number of hydrogen-bond acceptors (Lipinski definition) is 6. The van der Waals surface area contributed by atoms with Crippen molar-refractivity contribution in [2.45, 2.75) is 4.90 Å². The summed E-state index contributed by atoms with van der Waals surface area (Å²) in [6.07, 6.45) is 0. The van der Waals surface area contributed by atoms with Crippen molar-refractivity contribution in [3.05, 3.63) is 34.4 Å². The molecule has 1 aromatic rings. The number of nitrogens with zero attached hydrogens (tertiary/aromatic N) is 3. The van der Waals surface area contributed by atoms with Crippen LogP contribution in [-0.2, 0) is 14.8 Å². The highest BCUT2D eigenvalue weighted by Crippen LogP contribution is 2.20. The number of aliphatic carboxylic acids is 1. The topological polar surface area (TPSA) is 121 Å². The first-order valence-electron chi connectivity index (χ1n) is 6.49. The lowest BCUT2D eigenvalue weighted by molar-refractivity contribution is -0.384. The van der Waals surface area contributed by atoms with Gasteiger partial charge in [0.2, 0.25) is 10.0 Å². The Labute approximate surface area is 139 Å². The number of carbonyl (C=O) groups is 1. The summed E-state index contributed by atoms with van der Waals surface area (Å²) >= 11 is 0. The summed E-state index contributed by atoms with van der Waals surface area (Å²) in [5.41, 5.74) is -0.176. The maximum atomic E-state index is 12.4. The predicted molar refractivity (Wildman–Crippen MR) is 83.2 cm³/mol. The molecule has 1 heterocycles. The highest BCUT2D eigenvalue weighted by atomic mass is 35.5. The molecule has 1 fully saturated rings. The van der Waals surface area contributed by atoms with Crippen LogP contribution in [0.3, 0.4) is 0 Å². The van der Waals surface area contributed by atoms with Crippen molar-refractivity contribution in [2.75, 3.05) is 32.7 Å². The van der Waals surface area contributed by atoms with Crippen LogP contribution in [0.2, 0.25) is 0 Å². The number of carboxylic acids is 1. The molecular weight excluding hydrogens is 350 g/mol. The Morgan fingerprint density at radius 1 is 1.17 bits per heavy atom. The molecule has 1 aliphatic heterocycles. The summed E-state index contributed by atoms with van der Waals surface area (Å²) in [6.45, 7) is 0.918. The molecule has 0 aliphatic carbocycles. The van der Waals surface area contributed by atoms with Gasteiger partial charge in [-0.3, -0.25) is 19.8 Å². The quantitative estimate of drug-likeness (QED) is 0.592. The Kier molecular flexibility index (Phi) is 6.45. The molecule has 0 radical (unpaired) electrons. The van der Waals surface area contributed by atoms with Crippen LogP contribution < -0.4 is 0 Å². The van der Waals surface area contributed by atoms with Gasteiger partial charge in [-0.15, -0.1) is 12.4 Å². The van der Waals surface area contributed by atoms with Crippen LogP contribution in [-0.4, -0.2) is 66.3 Å². The van der Waals surface area contributed by atoms with Gasteiger partial charge in [-0.05, 0) is 12.1 Å². The Balaban J connectivity index is 0.00000264. The minimum Gasteiger partial charge on any atom is -0.480 e. The van der Waals surface area contributed by atoms with E-state index in [-0.39, 0.29) is 42.6 Å². The van der Waals surface area contributed by atoms with Crippen molar-refractivity contribution >= 4 is 34.1 Å². The number of benzene rings is 1. The van der Waals surface area contributed by atoms with Gasteiger partial charge in [-0.1, -0.05) is 0 Å². The normalized spacial score (nSPS) is 16.5. The van der Waals surface area contributed by atoms with Gasteiger partial charge in [-0.2, -0.15) is 4.31 Å². The molecule has 0 atom stereocenters. The third kappa shape index (κ3) is 4.61. The fraction of sp³-hybridized carbons (Fsp3) is 0.417. The number of hydrogen-bond donors (Lipinski definition) is 1. The number of rotatable bonds is 5. The van der Waals surface area contributed by atoms with Crippen LogP contribution in [0.5, 0.6) is 0 Å². The van der Waals surface area contributed by atoms with Crippen LogP contribution in [0.15, 0.2) is 29.2 Å². The lowest BCUT2D eigenvalue weighted by Crippen LogP contribution is -2.49. The third-order valence-electron chi connectivity index (χ3n) is 3.38. The average Bonchev–Trinajstić information content (AvgIpc) is 2.47. The molecule has 0 amide bonds. The zero-order chi connectivity index (χ0) is 16.3. The molecule has 0 aromatic heterocycles. The predicted octanol–water partition coefficient (Wildman–Crippen LogP) is 0.407. The van der Waals surface area contributed by atoms with E-state index in [1.807, 2.05) is 0 Å². The molecule has 128 valence electrons. The summed E-state index contributed by atoms with van der Waals surface area (Å²) in [6, 6.07) is 4.70. The highest BCUT2D eigenvalue weighted by molar-refractivity contribution is 7.89. The molecule has 2 rings (SSSR count). The summed E-state index contributed by atoms with van der Waals surface area (Å²) in [5.74, 6) is -0.952. The molecule has 1 saturated heterocycles. The van der Waals surface area contributed by atoms with Crippen LogP contribution in [0, 0.1) is 10.1 Å². The van der Waals surface area contributed by atoms with Gasteiger partial charge in [0.25, 0.3) is 5.69 Å². The number of nitro benzene ring substituents is 1. The number of non-ortho nitro benzene ring substituents is 1. The van der Waals surface area contributed by atoms with E-state index >= 15 is 0 Å². The SMILES string of the molecule is Cl.O=C(O)CN1CCN(S(=O)(=O)c2ccc([N+](=O)[O-])cc2)CC1. The van der Waals surface area contributed by atoms with Crippen LogP contribution in [0.4, 0.5) is 5.69 Å². The van der Waals surface area contributed by atoms with Gasteiger partial charge in [0.15, 0.2) is 0 Å². The summed E-state index contributed by atoms with van der Waals surface area (Å²) in [4.78, 5) is 22.3. The van der Waals surface area contributed by atoms with Gasteiger partial charge in [-0.25, -0.2) is 8.42 Å². The van der Waals surface area contributed by atoms with Crippen LogP contribution >= 0.6 is 12.4 Å². The molecule has 0 bridgehead atoms. The largest absolute Gasteiger partial charge is 0.480 e. The Morgan fingerprint density at radius 3 is 2.13 bits per heavy atom. The molecule has 11 heteroatoms. The Hall–Kier alpha value is -1.75. The fourth-order valence-corrected chi connectivity index (χ4v) is 3.63. The first-order valence-corrected chi connectivity index (χ1v) is 7.93. The monoisotopic (exact) mass is 365 g/mol. The van der Waals surface area contributed by atoms with E-state index in [2.05, 4.69) is 0 Å². The van der Waals surface area contributed by atoms with Crippen molar-refractivity contribution in [1.29, 1.82) is 0 Å². The minimum absolute atomic E-state index is 0. The average molecular weight is 366 g/mol. The second kappa shape index (κ2) is 7.68. The first kappa shape index (κ1) is 19.3. The standard InChI is InChI=1S/C12H15N3O6S.ClH/c16-12(17)9-13-5-7-14(8-6-13)22(20,21)11-3-1-10(2-4-11)15(18)19;/h1-4H,5-9H2,(H,16,17);1H. The zero-order valence-electron chi connectivity index (χ0n) is 12.0. The maximum absolute atomic E-state index is 12.4. The van der Waals surface area contributed by atoms with E-state index in [9.17, 15) is 23.3 Å². The van der Waals surface area contributed by atoms with Crippen molar-refractivity contribution < 1.29 is 23.2 Å². The second-order valence-electron chi connectivity index (χ2n) is 4.82. The number of carboxylic acid groups (broad SMARTS) is 1.